The fourth-order valence-electron chi connectivity index (χ4n) is 2.91. The van der Waals surface area contributed by atoms with Crippen LogP contribution in [0.15, 0.2) is 4.99 Å². The lowest BCUT2D eigenvalue weighted by molar-refractivity contribution is -0.509. The summed E-state index contributed by atoms with van der Waals surface area (Å²) in [6.07, 6.45) is 0. The number of amidine groups is 1. The molecule has 0 radical (unpaired) electrons. The SMILES string of the molecule is CCOC(=O)C[N+]1=C2N=C3C(C(=O)N(C)C(=O)N3C)N2CC1. The third kappa shape index (κ3) is 1.96. The molecule has 0 aromatic heterocycles. The average molecular weight is 308 g/mol. The molecule has 3 aliphatic heterocycles. The largest absolute Gasteiger partial charge is 0.464 e. The molecule has 3 aliphatic rings. The van der Waals surface area contributed by atoms with E-state index in [2.05, 4.69) is 4.99 Å². The van der Waals surface area contributed by atoms with Gasteiger partial charge >= 0.3 is 18.0 Å². The Labute approximate surface area is 127 Å². The number of carbonyl (C=O) groups is 3. The molecule has 3 amide bonds. The van der Waals surface area contributed by atoms with Crippen molar-refractivity contribution in [2.75, 3.05) is 40.3 Å². The molecule has 0 aromatic carbocycles. The lowest BCUT2D eigenvalue weighted by Crippen LogP contribution is -2.62. The van der Waals surface area contributed by atoms with Gasteiger partial charge in [0.05, 0.1) is 19.7 Å². The molecule has 1 unspecified atom stereocenters. The smallest absolute Gasteiger partial charge is 0.393 e. The maximum absolute atomic E-state index is 12.4. The Morgan fingerprint density at radius 3 is 2.77 bits per heavy atom. The quantitative estimate of drug-likeness (QED) is 0.470. The van der Waals surface area contributed by atoms with E-state index in [9.17, 15) is 14.4 Å². The second-order valence-electron chi connectivity index (χ2n) is 5.33. The summed E-state index contributed by atoms with van der Waals surface area (Å²) < 4.78 is 6.72. The normalized spacial score (nSPS) is 23.9. The zero-order valence-electron chi connectivity index (χ0n) is 12.8. The summed E-state index contributed by atoms with van der Waals surface area (Å²) in [5.41, 5.74) is 0. The Morgan fingerprint density at radius 1 is 1.36 bits per heavy atom. The Bertz CT molecular complexity index is 626. The first-order chi connectivity index (χ1) is 10.5. The molecule has 0 bridgehead atoms. The van der Waals surface area contributed by atoms with Crippen LogP contribution in [0.1, 0.15) is 6.92 Å². The number of carbonyl (C=O) groups excluding carboxylic acids is 3. The van der Waals surface area contributed by atoms with Gasteiger partial charge in [0.1, 0.15) is 0 Å². The number of guanidine groups is 1. The van der Waals surface area contributed by atoms with Crippen molar-refractivity contribution in [2.45, 2.75) is 13.0 Å². The van der Waals surface area contributed by atoms with E-state index >= 15 is 0 Å². The van der Waals surface area contributed by atoms with Gasteiger partial charge in [-0.15, -0.1) is 0 Å². The van der Waals surface area contributed by atoms with Crippen molar-refractivity contribution in [3.63, 3.8) is 0 Å². The molecule has 22 heavy (non-hydrogen) atoms. The minimum atomic E-state index is -0.588. The molecule has 0 N–H and O–H groups in total. The predicted octanol–water partition coefficient (Wildman–Crippen LogP) is -1.46. The first kappa shape index (κ1) is 14.5. The first-order valence-electron chi connectivity index (χ1n) is 7.13. The number of nitrogens with zero attached hydrogens (tertiary/aromatic N) is 5. The Kier molecular flexibility index (Phi) is 3.34. The molecule has 1 saturated heterocycles. The number of hydrogen-bond donors (Lipinski definition) is 0. The van der Waals surface area contributed by atoms with Gasteiger partial charge in [0.25, 0.3) is 5.91 Å². The Balaban J connectivity index is 1.92. The summed E-state index contributed by atoms with van der Waals surface area (Å²) in [4.78, 5) is 44.7. The molecular formula is C13H18N5O4+. The lowest BCUT2D eigenvalue weighted by Gasteiger charge is -2.32. The Hall–Kier alpha value is -2.45. The van der Waals surface area contributed by atoms with Crippen molar-refractivity contribution in [3.8, 4) is 0 Å². The number of likely N-dealkylation sites (N-methyl/N-ethyl adjacent to an activating group) is 2. The molecular weight excluding hydrogens is 290 g/mol. The van der Waals surface area contributed by atoms with E-state index in [1.165, 1.54) is 11.9 Å². The van der Waals surface area contributed by atoms with Gasteiger partial charge < -0.3 is 4.74 Å². The van der Waals surface area contributed by atoms with Crippen LogP contribution in [0.4, 0.5) is 4.79 Å². The maximum atomic E-state index is 12.4. The third-order valence-electron chi connectivity index (χ3n) is 4.03. The van der Waals surface area contributed by atoms with Crippen LogP contribution in [0.25, 0.3) is 0 Å². The minimum absolute atomic E-state index is 0.0882. The lowest BCUT2D eigenvalue weighted by atomic mass is 10.1. The molecule has 3 rings (SSSR count). The summed E-state index contributed by atoms with van der Waals surface area (Å²) in [7, 11) is 3.05. The molecule has 0 aromatic rings. The number of esters is 1. The topological polar surface area (TPSA) is 85.5 Å². The summed E-state index contributed by atoms with van der Waals surface area (Å²) >= 11 is 0. The van der Waals surface area contributed by atoms with Gasteiger partial charge in [0.15, 0.2) is 6.54 Å². The van der Waals surface area contributed by atoms with Crippen LogP contribution in [0.5, 0.6) is 0 Å². The molecule has 0 spiro atoms. The highest BCUT2D eigenvalue weighted by Crippen LogP contribution is 2.24. The van der Waals surface area contributed by atoms with Crippen LogP contribution in [-0.4, -0.2) is 95.4 Å². The molecule has 9 nitrogen and oxygen atoms in total. The van der Waals surface area contributed by atoms with E-state index in [-0.39, 0.29) is 18.4 Å². The highest BCUT2D eigenvalue weighted by atomic mass is 16.5. The van der Waals surface area contributed by atoms with E-state index < -0.39 is 12.1 Å². The first-order valence-corrected chi connectivity index (χ1v) is 7.13. The van der Waals surface area contributed by atoms with Gasteiger partial charge in [-0.2, -0.15) is 0 Å². The number of hydrogen-bond acceptors (Lipinski definition) is 6. The molecule has 1 atom stereocenters. The summed E-state index contributed by atoms with van der Waals surface area (Å²) in [6, 6.07) is -0.992. The summed E-state index contributed by atoms with van der Waals surface area (Å²) in [5, 5.41) is 0. The van der Waals surface area contributed by atoms with Gasteiger partial charge in [0.2, 0.25) is 11.9 Å². The van der Waals surface area contributed by atoms with Crippen LogP contribution in [-0.2, 0) is 14.3 Å². The fourth-order valence-corrected chi connectivity index (χ4v) is 2.91. The van der Waals surface area contributed by atoms with E-state index in [1.54, 1.807) is 18.5 Å². The van der Waals surface area contributed by atoms with E-state index in [1.807, 2.05) is 4.90 Å². The second-order valence-corrected chi connectivity index (χ2v) is 5.33. The van der Waals surface area contributed by atoms with Gasteiger partial charge in [-0.3, -0.25) is 14.6 Å². The van der Waals surface area contributed by atoms with Crippen molar-refractivity contribution in [1.29, 1.82) is 0 Å². The third-order valence-corrected chi connectivity index (χ3v) is 4.03. The van der Waals surface area contributed by atoms with Crippen LogP contribution < -0.4 is 0 Å². The number of fused-ring (bicyclic) bond motifs is 3. The maximum Gasteiger partial charge on any atom is 0.393 e. The monoisotopic (exact) mass is 308 g/mol. The molecule has 118 valence electrons. The zero-order valence-corrected chi connectivity index (χ0v) is 12.8. The van der Waals surface area contributed by atoms with Crippen LogP contribution in [0.2, 0.25) is 0 Å². The number of imide groups is 1. The number of amides is 3. The molecule has 9 heteroatoms. The summed E-state index contributed by atoms with van der Waals surface area (Å²) in [5.74, 6) is 0.336. The molecule has 0 saturated carbocycles. The fraction of sp³-hybridized carbons (Fsp3) is 0.615. The number of ether oxygens (including phenoxy) is 1. The van der Waals surface area contributed by atoms with Crippen LogP contribution in [0, 0.1) is 0 Å². The van der Waals surface area contributed by atoms with Crippen LogP contribution >= 0.6 is 0 Å². The zero-order chi connectivity index (χ0) is 16.0. The highest BCUT2D eigenvalue weighted by molar-refractivity contribution is 6.25. The highest BCUT2D eigenvalue weighted by Gasteiger charge is 2.56. The van der Waals surface area contributed by atoms with Crippen molar-refractivity contribution < 1.29 is 23.7 Å². The van der Waals surface area contributed by atoms with Gasteiger partial charge in [-0.05, 0) is 6.92 Å². The molecule has 0 aliphatic carbocycles. The molecule has 1 fully saturated rings. The number of aliphatic imine (C=N–C) groups is 1. The minimum Gasteiger partial charge on any atom is -0.464 e. The van der Waals surface area contributed by atoms with E-state index in [0.717, 1.165) is 4.90 Å². The number of rotatable bonds is 3. The summed E-state index contributed by atoms with van der Waals surface area (Å²) in [6.45, 7) is 3.33. The van der Waals surface area contributed by atoms with Crippen molar-refractivity contribution in [1.82, 2.24) is 14.7 Å². The van der Waals surface area contributed by atoms with Gasteiger partial charge in [-0.1, -0.05) is 4.99 Å². The second kappa shape index (κ2) is 5.08. The average Bonchev–Trinajstić information content (AvgIpc) is 3.03. The standard InChI is InChI=1S/C13H18N5O4/c1-4-22-8(19)7-17-5-6-18-9-10(14-12(17)18)15(2)13(21)16(3)11(9)20/h9H,4-7H2,1-3H3/q+1. The van der Waals surface area contributed by atoms with E-state index in [0.29, 0.717) is 31.5 Å². The van der Waals surface area contributed by atoms with E-state index in [4.69, 9.17) is 4.74 Å². The van der Waals surface area contributed by atoms with Crippen molar-refractivity contribution in [3.05, 3.63) is 0 Å². The number of urea groups is 1. The Morgan fingerprint density at radius 2 is 2.09 bits per heavy atom. The van der Waals surface area contributed by atoms with Crippen molar-refractivity contribution in [2.24, 2.45) is 4.99 Å². The molecule has 3 heterocycles. The van der Waals surface area contributed by atoms with Crippen LogP contribution in [0.3, 0.4) is 0 Å². The van der Waals surface area contributed by atoms with Gasteiger partial charge in [-0.25, -0.2) is 19.1 Å². The predicted molar refractivity (Wildman–Crippen MR) is 75.5 cm³/mol. The van der Waals surface area contributed by atoms with Gasteiger partial charge in [0, 0.05) is 14.1 Å². The van der Waals surface area contributed by atoms with Crippen molar-refractivity contribution >= 4 is 29.7 Å².